The zero-order valence-corrected chi connectivity index (χ0v) is 13.3. The maximum atomic E-state index is 10.4. The van der Waals surface area contributed by atoms with Crippen LogP contribution in [-0.2, 0) is 9.53 Å². The van der Waals surface area contributed by atoms with Crippen LogP contribution in [0, 0.1) is 0 Å². The van der Waals surface area contributed by atoms with Crippen molar-refractivity contribution in [1.29, 1.82) is 0 Å². The lowest BCUT2D eigenvalue weighted by Crippen LogP contribution is -1.96. The molecule has 21 heavy (non-hydrogen) atoms. The molecule has 3 heteroatoms. The van der Waals surface area contributed by atoms with Crippen molar-refractivity contribution in [2.45, 2.75) is 83.3 Å². The molecule has 0 aromatic heterocycles. The molecule has 0 radical (unpaired) electrons. The van der Waals surface area contributed by atoms with Crippen LogP contribution in [-0.4, -0.2) is 23.3 Å². The van der Waals surface area contributed by atoms with Crippen LogP contribution in [0.15, 0.2) is 24.3 Å². The van der Waals surface area contributed by atoms with Crippen LogP contribution in [0.25, 0.3) is 0 Å². The van der Waals surface area contributed by atoms with Gasteiger partial charge in [0.1, 0.15) is 0 Å². The van der Waals surface area contributed by atoms with Crippen molar-refractivity contribution < 1.29 is 14.6 Å². The number of ether oxygens (including phenoxy) is 1. The molecule has 1 fully saturated rings. The molecule has 1 saturated heterocycles. The van der Waals surface area contributed by atoms with E-state index in [0.717, 1.165) is 32.1 Å². The lowest BCUT2D eigenvalue weighted by molar-refractivity contribution is -0.137. The predicted molar refractivity (Wildman–Crippen MR) is 86.4 cm³/mol. The normalized spacial score (nSPS) is 21.4. The first kappa shape index (κ1) is 18.0. The maximum absolute atomic E-state index is 10.4. The summed E-state index contributed by atoms with van der Waals surface area (Å²) in [5.41, 5.74) is 0. The van der Waals surface area contributed by atoms with Gasteiger partial charge in [-0.1, -0.05) is 50.5 Å². The average molecular weight is 294 g/mol. The quantitative estimate of drug-likeness (QED) is 0.299. The summed E-state index contributed by atoms with van der Waals surface area (Å²) in [6.07, 6.45) is 19.8. The molecule has 3 nitrogen and oxygen atoms in total. The second-order valence-corrected chi connectivity index (χ2v) is 5.76. The second-order valence-electron chi connectivity index (χ2n) is 5.76. The maximum Gasteiger partial charge on any atom is 0.303 e. The van der Waals surface area contributed by atoms with E-state index in [-0.39, 0.29) is 6.42 Å². The topological polar surface area (TPSA) is 49.8 Å². The van der Waals surface area contributed by atoms with Gasteiger partial charge in [-0.25, -0.2) is 0 Å². The van der Waals surface area contributed by atoms with E-state index in [2.05, 4.69) is 31.2 Å². The third kappa shape index (κ3) is 10.3. The van der Waals surface area contributed by atoms with Gasteiger partial charge in [0, 0.05) is 6.42 Å². The molecule has 0 saturated carbocycles. The van der Waals surface area contributed by atoms with Crippen molar-refractivity contribution in [2.24, 2.45) is 0 Å². The van der Waals surface area contributed by atoms with Gasteiger partial charge in [0.05, 0.1) is 12.2 Å². The van der Waals surface area contributed by atoms with E-state index >= 15 is 0 Å². The Hall–Kier alpha value is -1.09. The fourth-order valence-corrected chi connectivity index (χ4v) is 2.39. The third-order valence-corrected chi connectivity index (χ3v) is 3.77. The van der Waals surface area contributed by atoms with Crippen LogP contribution in [0.2, 0.25) is 0 Å². The monoisotopic (exact) mass is 294 g/mol. The Morgan fingerprint density at radius 3 is 2.62 bits per heavy atom. The summed E-state index contributed by atoms with van der Waals surface area (Å²) in [5, 5.41) is 8.55. The molecule has 0 bridgehead atoms. The van der Waals surface area contributed by atoms with Gasteiger partial charge in [0.25, 0.3) is 0 Å². The van der Waals surface area contributed by atoms with Gasteiger partial charge in [0.2, 0.25) is 0 Å². The van der Waals surface area contributed by atoms with E-state index in [4.69, 9.17) is 9.84 Å². The number of epoxide rings is 1. The highest BCUT2D eigenvalue weighted by Gasteiger charge is 2.36. The minimum Gasteiger partial charge on any atom is -0.481 e. The minimum absolute atomic E-state index is 0.280. The summed E-state index contributed by atoms with van der Waals surface area (Å²) < 4.78 is 5.58. The van der Waals surface area contributed by atoms with Crippen molar-refractivity contribution in [3.63, 3.8) is 0 Å². The summed E-state index contributed by atoms with van der Waals surface area (Å²) in [7, 11) is 0. The number of unbranched alkanes of at least 4 members (excludes halogenated alkanes) is 4. The van der Waals surface area contributed by atoms with Crippen molar-refractivity contribution >= 4 is 5.97 Å². The van der Waals surface area contributed by atoms with E-state index < -0.39 is 5.97 Å². The van der Waals surface area contributed by atoms with Crippen molar-refractivity contribution in [1.82, 2.24) is 0 Å². The van der Waals surface area contributed by atoms with Crippen LogP contribution in [0.4, 0.5) is 0 Å². The molecular formula is C18H30O3. The third-order valence-electron chi connectivity index (χ3n) is 3.77. The Labute approximate surface area is 129 Å². The van der Waals surface area contributed by atoms with Gasteiger partial charge in [-0.2, -0.15) is 0 Å². The number of rotatable bonds is 13. The van der Waals surface area contributed by atoms with Crippen LogP contribution in [0.3, 0.4) is 0 Å². The second kappa shape index (κ2) is 11.6. The SMILES string of the molecule is CCCCC/C=C\C/C=C\C[C@H]1O[C@H]1CCCCC(=O)O. The van der Waals surface area contributed by atoms with Crippen LogP contribution in [0.1, 0.15) is 71.1 Å². The standard InChI is InChI=1S/C18H30O3/c1-2-3-4-5-6-7-8-9-10-13-16-17(21-16)14-11-12-15-18(19)20/h6-7,9-10,16-17H,2-5,8,11-15H2,1H3,(H,19,20)/b7-6-,10-9-/t16-,17+/m1/s1. The van der Waals surface area contributed by atoms with Crippen molar-refractivity contribution in [3.05, 3.63) is 24.3 Å². The Morgan fingerprint density at radius 2 is 1.86 bits per heavy atom. The molecule has 1 rings (SSSR count). The zero-order valence-electron chi connectivity index (χ0n) is 13.3. The fourth-order valence-electron chi connectivity index (χ4n) is 2.39. The van der Waals surface area contributed by atoms with Gasteiger partial charge in [-0.05, 0) is 38.5 Å². The average Bonchev–Trinajstić information content (AvgIpc) is 3.20. The van der Waals surface area contributed by atoms with Gasteiger partial charge >= 0.3 is 5.97 Å². The Morgan fingerprint density at radius 1 is 1.05 bits per heavy atom. The largest absolute Gasteiger partial charge is 0.481 e. The molecule has 0 aliphatic carbocycles. The first-order chi connectivity index (χ1) is 10.2. The van der Waals surface area contributed by atoms with Gasteiger partial charge in [-0.3, -0.25) is 4.79 Å². The molecule has 0 aromatic rings. The first-order valence-electron chi connectivity index (χ1n) is 8.41. The Balaban J connectivity index is 1.90. The molecule has 0 spiro atoms. The molecule has 1 aliphatic rings. The molecule has 1 aliphatic heterocycles. The highest BCUT2D eigenvalue weighted by atomic mass is 16.6. The number of hydrogen-bond acceptors (Lipinski definition) is 2. The Bertz CT molecular complexity index is 333. The van der Waals surface area contributed by atoms with Gasteiger partial charge in [0.15, 0.2) is 0 Å². The highest BCUT2D eigenvalue weighted by Crippen LogP contribution is 2.30. The van der Waals surface area contributed by atoms with Gasteiger partial charge < -0.3 is 9.84 Å². The zero-order chi connectivity index (χ0) is 15.3. The highest BCUT2D eigenvalue weighted by molar-refractivity contribution is 5.66. The molecule has 120 valence electrons. The smallest absolute Gasteiger partial charge is 0.303 e. The number of carboxylic acids is 1. The summed E-state index contributed by atoms with van der Waals surface area (Å²) in [6.45, 7) is 2.23. The van der Waals surface area contributed by atoms with E-state index in [1.54, 1.807) is 0 Å². The molecule has 1 N–H and O–H groups in total. The van der Waals surface area contributed by atoms with E-state index in [1.165, 1.54) is 25.7 Å². The van der Waals surface area contributed by atoms with Crippen LogP contribution in [0.5, 0.6) is 0 Å². The molecule has 0 unspecified atom stereocenters. The van der Waals surface area contributed by atoms with Crippen LogP contribution < -0.4 is 0 Å². The summed E-state index contributed by atoms with van der Waals surface area (Å²) in [5.74, 6) is -0.700. The molecular weight excluding hydrogens is 264 g/mol. The van der Waals surface area contributed by atoms with Crippen LogP contribution >= 0.6 is 0 Å². The Kier molecular flexibility index (Phi) is 9.88. The van der Waals surface area contributed by atoms with Gasteiger partial charge in [-0.15, -0.1) is 0 Å². The molecule has 1 heterocycles. The first-order valence-corrected chi connectivity index (χ1v) is 8.41. The number of aliphatic carboxylic acids is 1. The molecule has 0 aromatic carbocycles. The summed E-state index contributed by atoms with van der Waals surface area (Å²) in [4.78, 5) is 10.4. The predicted octanol–water partition coefficient (Wildman–Crippen LogP) is 4.87. The number of allylic oxidation sites excluding steroid dienone is 3. The number of hydrogen-bond donors (Lipinski definition) is 1. The van der Waals surface area contributed by atoms with E-state index in [0.29, 0.717) is 12.2 Å². The van der Waals surface area contributed by atoms with E-state index in [9.17, 15) is 4.79 Å². The number of carbonyl (C=O) groups is 1. The summed E-state index contributed by atoms with van der Waals surface area (Å²) in [6, 6.07) is 0. The van der Waals surface area contributed by atoms with Crippen molar-refractivity contribution in [2.75, 3.05) is 0 Å². The number of carboxylic acid groups (broad SMARTS) is 1. The minimum atomic E-state index is -0.700. The van der Waals surface area contributed by atoms with Crippen molar-refractivity contribution in [3.8, 4) is 0 Å². The lowest BCUT2D eigenvalue weighted by atomic mass is 10.1. The lowest BCUT2D eigenvalue weighted by Gasteiger charge is -1.94. The molecule has 2 atom stereocenters. The summed E-state index contributed by atoms with van der Waals surface area (Å²) >= 11 is 0. The molecule has 0 amide bonds. The fraction of sp³-hybridized carbons (Fsp3) is 0.722. The van der Waals surface area contributed by atoms with E-state index in [1.807, 2.05) is 0 Å².